The van der Waals surface area contributed by atoms with Crippen LogP contribution in [-0.4, -0.2) is 48.0 Å². The van der Waals surface area contributed by atoms with Crippen molar-refractivity contribution in [1.29, 1.82) is 0 Å². The molecule has 4 N–H and O–H groups in total. The van der Waals surface area contributed by atoms with E-state index in [1.54, 1.807) is 11.9 Å². The zero-order chi connectivity index (χ0) is 20.3. The number of aromatic nitrogens is 2. The highest BCUT2D eigenvalue weighted by molar-refractivity contribution is 5.98. The molecule has 0 radical (unpaired) electrons. The molecule has 2 unspecified atom stereocenters. The number of para-hydroxylation sites is 1. The molecular formula is C19H24F2N6O. The molecule has 0 aliphatic heterocycles. The summed E-state index contributed by atoms with van der Waals surface area (Å²) in [5.74, 6) is -3.01. The van der Waals surface area contributed by atoms with Gasteiger partial charge in [0, 0.05) is 25.4 Å². The SMILES string of the molecule is CNC1C(N(C)c2ncc(C(N)=O)c(Nc3ccccc3)n2)CCCC1(F)F. The van der Waals surface area contributed by atoms with Crippen molar-refractivity contribution in [3.05, 3.63) is 42.1 Å². The highest BCUT2D eigenvalue weighted by Gasteiger charge is 2.48. The van der Waals surface area contributed by atoms with Crippen LogP contribution in [0.4, 0.5) is 26.2 Å². The van der Waals surface area contributed by atoms with Crippen LogP contribution in [0.2, 0.25) is 0 Å². The van der Waals surface area contributed by atoms with Gasteiger partial charge in [0.25, 0.3) is 11.8 Å². The lowest BCUT2D eigenvalue weighted by atomic mass is 9.86. The minimum Gasteiger partial charge on any atom is -0.365 e. The third-order valence-corrected chi connectivity index (χ3v) is 5.05. The molecule has 2 aromatic rings. The van der Waals surface area contributed by atoms with Gasteiger partial charge < -0.3 is 21.3 Å². The maximum Gasteiger partial charge on any atom is 0.265 e. The number of amides is 1. The van der Waals surface area contributed by atoms with Crippen molar-refractivity contribution in [2.45, 2.75) is 37.3 Å². The number of halogens is 2. The monoisotopic (exact) mass is 390 g/mol. The van der Waals surface area contributed by atoms with Gasteiger partial charge in [0.1, 0.15) is 11.4 Å². The summed E-state index contributed by atoms with van der Waals surface area (Å²) in [6.07, 6.45) is 2.17. The Morgan fingerprint density at radius 2 is 2.04 bits per heavy atom. The molecule has 1 saturated carbocycles. The van der Waals surface area contributed by atoms with Crippen molar-refractivity contribution in [3.63, 3.8) is 0 Å². The molecule has 1 amide bonds. The molecule has 2 atom stereocenters. The lowest BCUT2D eigenvalue weighted by molar-refractivity contribution is -0.0685. The number of likely N-dealkylation sites (N-methyl/N-ethyl adjacent to an activating group) is 2. The van der Waals surface area contributed by atoms with Gasteiger partial charge in [0.05, 0.1) is 12.1 Å². The number of nitrogens with two attached hydrogens (primary N) is 1. The number of carbonyl (C=O) groups is 1. The number of nitrogens with one attached hydrogen (secondary N) is 2. The van der Waals surface area contributed by atoms with Crippen LogP contribution in [0.1, 0.15) is 29.6 Å². The number of carbonyl (C=O) groups excluding carboxylic acids is 1. The molecule has 1 heterocycles. The van der Waals surface area contributed by atoms with Gasteiger partial charge in [-0.25, -0.2) is 13.8 Å². The van der Waals surface area contributed by atoms with Crippen LogP contribution in [0.5, 0.6) is 0 Å². The minimum atomic E-state index is -2.82. The molecule has 7 nitrogen and oxygen atoms in total. The van der Waals surface area contributed by atoms with Gasteiger partial charge in [-0.1, -0.05) is 18.2 Å². The maximum absolute atomic E-state index is 14.3. The molecule has 150 valence electrons. The zero-order valence-corrected chi connectivity index (χ0v) is 15.8. The summed E-state index contributed by atoms with van der Waals surface area (Å²) in [6, 6.07) is 7.66. The standard InChI is InChI=1S/C19H24F2N6O/c1-23-15-14(9-6-10-19(15,20)21)27(2)18-24-11-13(16(22)28)17(26-18)25-12-7-4-3-5-8-12/h3-5,7-8,11,14-15,23H,6,9-10H2,1-2H3,(H2,22,28)(H,24,25,26). The fourth-order valence-electron chi connectivity index (χ4n) is 3.60. The molecule has 0 saturated heterocycles. The number of nitrogens with zero attached hydrogens (tertiary/aromatic N) is 3. The second kappa shape index (κ2) is 8.05. The van der Waals surface area contributed by atoms with Gasteiger partial charge in [0.2, 0.25) is 5.95 Å². The summed E-state index contributed by atoms with van der Waals surface area (Å²) in [4.78, 5) is 22.0. The quantitative estimate of drug-likeness (QED) is 0.702. The van der Waals surface area contributed by atoms with Crippen LogP contribution in [0, 0.1) is 0 Å². The maximum atomic E-state index is 14.3. The first kappa shape index (κ1) is 19.9. The molecule has 1 aliphatic carbocycles. The topological polar surface area (TPSA) is 96.2 Å². The van der Waals surface area contributed by atoms with Crippen molar-refractivity contribution in [1.82, 2.24) is 15.3 Å². The molecular weight excluding hydrogens is 366 g/mol. The van der Waals surface area contributed by atoms with Crippen LogP contribution in [0.15, 0.2) is 36.5 Å². The van der Waals surface area contributed by atoms with Gasteiger partial charge in [-0.05, 0) is 32.0 Å². The number of primary amides is 1. The van der Waals surface area contributed by atoms with Crippen LogP contribution in [0.3, 0.4) is 0 Å². The van der Waals surface area contributed by atoms with E-state index in [4.69, 9.17) is 5.73 Å². The average molecular weight is 390 g/mol. The molecule has 9 heteroatoms. The minimum absolute atomic E-state index is 0.125. The lowest BCUT2D eigenvalue weighted by Gasteiger charge is -2.42. The summed E-state index contributed by atoms with van der Waals surface area (Å²) >= 11 is 0. The van der Waals surface area contributed by atoms with E-state index < -0.39 is 23.9 Å². The number of hydrogen-bond acceptors (Lipinski definition) is 6. The van der Waals surface area contributed by atoms with Crippen LogP contribution < -0.4 is 21.3 Å². The molecule has 1 aliphatic rings. The zero-order valence-electron chi connectivity index (χ0n) is 15.8. The largest absolute Gasteiger partial charge is 0.365 e. The van der Waals surface area contributed by atoms with Crippen molar-refractivity contribution in [3.8, 4) is 0 Å². The Bertz CT molecular complexity index is 832. The van der Waals surface area contributed by atoms with E-state index >= 15 is 0 Å². The van der Waals surface area contributed by atoms with E-state index in [1.165, 1.54) is 13.2 Å². The highest BCUT2D eigenvalue weighted by Crippen LogP contribution is 2.36. The van der Waals surface area contributed by atoms with Crippen LogP contribution in [0.25, 0.3) is 0 Å². The molecule has 1 fully saturated rings. The summed E-state index contributed by atoms with van der Waals surface area (Å²) in [7, 11) is 3.21. The Morgan fingerprint density at radius 1 is 1.32 bits per heavy atom. The molecule has 3 rings (SSSR count). The van der Waals surface area contributed by atoms with E-state index in [2.05, 4.69) is 20.6 Å². The Morgan fingerprint density at radius 3 is 2.68 bits per heavy atom. The number of hydrogen-bond donors (Lipinski definition) is 3. The second-order valence-electron chi connectivity index (χ2n) is 6.89. The third-order valence-electron chi connectivity index (χ3n) is 5.05. The first-order chi connectivity index (χ1) is 13.3. The van der Waals surface area contributed by atoms with Gasteiger partial charge in [-0.3, -0.25) is 4.79 Å². The summed E-state index contributed by atoms with van der Waals surface area (Å²) in [5, 5.41) is 5.79. The normalized spacial score (nSPS) is 21.1. The molecule has 1 aromatic carbocycles. The smallest absolute Gasteiger partial charge is 0.265 e. The highest BCUT2D eigenvalue weighted by atomic mass is 19.3. The molecule has 0 bridgehead atoms. The fourth-order valence-corrected chi connectivity index (χ4v) is 3.60. The Hall–Kier alpha value is -2.81. The molecule has 0 spiro atoms. The van der Waals surface area contributed by atoms with E-state index in [1.807, 2.05) is 30.3 Å². The summed E-state index contributed by atoms with van der Waals surface area (Å²) in [5.41, 5.74) is 6.28. The lowest BCUT2D eigenvalue weighted by Crippen LogP contribution is -2.59. The Kier molecular flexibility index (Phi) is 5.73. The Balaban J connectivity index is 1.93. The van der Waals surface area contributed by atoms with Crippen molar-refractivity contribution >= 4 is 23.4 Å². The predicted octanol–water partition coefficient (Wildman–Crippen LogP) is 2.53. The predicted molar refractivity (Wildman–Crippen MR) is 104 cm³/mol. The van der Waals surface area contributed by atoms with E-state index in [0.717, 1.165) is 5.69 Å². The van der Waals surface area contributed by atoms with E-state index in [-0.39, 0.29) is 23.8 Å². The van der Waals surface area contributed by atoms with E-state index in [0.29, 0.717) is 12.8 Å². The Labute approximate surface area is 162 Å². The number of benzene rings is 1. The van der Waals surface area contributed by atoms with Crippen molar-refractivity contribution < 1.29 is 13.6 Å². The van der Waals surface area contributed by atoms with Crippen LogP contribution >= 0.6 is 0 Å². The summed E-state index contributed by atoms with van der Waals surface area (Å²) in [6.45, 7) is 0. The number of rotatable bonds is 6. The van der Waals surface area contributed by atoms with E-state index in [9.17, 15) is 13.6 Å². The second-order valence-corrected chi connectivity index (χ2v) is 6.89. The van der Waals surface area contributed by atoms with Gasteiger partial charge >= 0.3 is 0 Å². The average Bonchev–Trinajstić information content (AvgIpc) is 2.67. The first-order valence-corrected chi connectivity index (χ1v) is 9.10. The van der Waals surface area contributed by atoms with Crippen molar-refractivity contribution in [2.24, 2.45) is 5.73 Å². The third kappa shape index (κ3) is 4.04. The van der Waals surface area contributed by atoms with Crippen LogP contribution in [-0.2, 0) is 0 Å². The van der Waals surface area contributed by atoms with Crippen molar-refractivity contribution in [2.75, 3.05) is 24.3 Å². The van der Waals surface area contributed by atoms with Gasteiger partial charge in [-0.2, -0.15) is 4.98 Å². The van der Waals surface area contributed by atoms with Gasteiger partial charge in [0.15, 0.2) is 0 Å². The van der Waals surface area contributed by atoms with Gasteiger partial charge in [-0.15, -0.1) is 0 Å². The summed E-state index contributed by atoms with van der Waals surface area (Å²) < 4.78 is 28.7. The molecule has 28 heavy (non-hydrogen) atoms. The number of anilines is 3. The fraction of sp³-hybridized carbons (Fsp3) is 0.421. The molecule has 1 aromatic heterocycles. The number of alkyl halides is 2. The first-order valence-electron chi connectivity index (χ1n) is 9.10.